The van der Waals surface area contributed by atoms with Gasteiger partial charge in [-0.1, -0.05) is 6.08 Å². The number of hydrogen-bond acceptors (Lipinski definition) is 2. The summed E-state index contributed by atoms with van der Waals surface area (Å²) in [6, 6.07) is 0. The highest BCUT2D eigenvalue weighted by Crippen LogP contribution is 2.32. The summed E-state index contributed by atoms with van der Waals surface area (Å²) in [4.78, 5) is 3.73. The molecule has 1 unspecified atom stereocenters. The van der Waals surface area contributed by atoms with Crippen molar-refractivity contribution in [2.75, 3.05) is 6.61 Å². The Morgan fingerprint density at radius 3 is 2.76 bits per heavy atom. The van der Waals surface area contributed by atoms with Gasteiger partial charge in [-0.05, 0) is 34.5 Å². The number of nitrogens with one attached hydrogen (secondary N) is 1. The van der Waals surface area contributed by atoms with Crippen LogP contribution in [-0.4, -0.2) is 29.6 Å². The van der Waals surface area contributed by atoms with Gasteiger partial charge in [0.05, 0.1) is 12.3 Å². The molecule has 1 heterocycles. The van der Waals surface area contributed by atoms with E-state index in [1.165, 1.54) is 0 Å². The molecule has 1 fully saturated rings. The predicted octanol–water partition coefficient (Wildman–Crippen LogP) is 3.71. The number of aliphatic imine (C=N–C) groups is 1. The SMILES string of the molecule is C/C=C(Br)\C(=N/C(=N)Cl)C1CC(F)(F)CCO1. The first-order chi connectivity index (χ1) is 7.85. The summed E-state index contributed by atoms with van der Waals surface area (Å²) in [5.74, 6) is -2.76. The zero-order valence-corrected chi connectivity index (χ0v) is 11.5. The second kappa shape index (κ2) is 6.02. The van der Waals surface area contributed by atoms with Crippen LogP contribution in [0.15, 0.2) is 15.6 Å². The monoisotopic (exact) mass is 328 g/mol. The summed E-state index contributed by atoms with van der Waals surface area (Å²) in [7, 11) is 0. The molecule has 1 aliphatic rings. The number of ether oxygens (including phenoxy) is 1. The molecule has 1 aliphatic heterocycles. The lowest BCUT2D eigenvalue weighted by molar-refractivity contribution is -0.108. The van der Waals surface area contributed by atoms with Gasteiger partial charge >= 0.3 is 0 Å². The molecule has 0 spiro atoms. The molecule has 0 aromatic carbocycles. The highest BCUT2D eigenvalue weighted by molar-refractivity contribution is 9.12. The molecular weight excluding hydrogens is 317 g/mol. The van der Waals surface area contributed by atoms with E-state index in [9.17, 15) is 8.78 Å². The Hall–Kier alpha value is -0.330. The summed E-state index contributed by atoms with van der Waals surface area (Å²) in [5, 5.41) is 6.64. The molecule has 96 valence electrons. The fourth-order valence-corrected chi connectivity index (χ4v) is 1.93. The molecule has 0 aromatic heterocycles. The van der Waals surface area contributed by atoms with E-state index in [2.05, 4.69) is 20.9 Å². The quantitative estimate of drug-likeness (QED) is 0.468. The van der Waals surface area contributed by atoms with Crippen LogP contribution < -0.4 is 0 Å². The molecule has 0 radical (unpaired) electrons. The Kier molecular flexibility index (Phi) is 5.22. The lowest BCUT2D eigenvalue weighted by atomic mass is 10.0. The third-order valence-electron chi connectivity index (χ3n) is 2.29. The van der Waals surface area contributed by atoms with Crippen molar-refractivity contribution in [2.45, 2.75) is 31.8 Å². The van der Waals surface area contributed by atoms with Crippen molar-refractivity contribution < 1.29 is 13.5 Å². The van der Waals surface area contributed by atoms with Crippen LogP contribution in [0.4, 0.5) is 8.78 Å². The first kappa shape index (κ1) is 14.7. The second-order valence-electron chi connectivity index (χ2n) is 3.59. The van der Waals surface area contributed by atoms with Gasteiger partial charge in [0.25, 0.3) is 5.92 Å². The van der Waals surface area contributed by atoms with Crippen LogP contribution in [0.1, 0.15) is 19.8 Å². The van der Waals surface area contributed by atoms with Gasteiger partial charge < -0.3 is 4.74 Å². The van der Waals surface area contributed by atoms with Gasteiger partial charge in [-0.2, -0.15) is 0 Å². The minimum absolute atomic E-state index is 0.0314. The van der Waals surface area contributed by atoms with E-state index >= 15 is 0 Å². The van der Waals surface area contributed by atoms with E-state index in [0.29, 0.717) is 4.48 Å². The molecule has 0 bridgehead atoms. The number of alkyl halides is 2. The molecule has 0 aliphatic carbocycles. The van der Waals surface area contributed by atoms with Crippen LogP contribution in [0, 0.1) is 5.41 Å². The van der Waals surface area contributed by atoms with Crippen LogP contribution in [-0.2, 0) is 4.74 Å². The zero-order valence-electron chi connectivity index (χ0n) is 9.14. The zero-order chi connectivity index (χ0) is 13.1. The fourth-order valence-electron chi connectivity index (χ4n) is 1.49. The average Bonchev–Trinajstić information content (AvgIpc) is 2.23. The number of hydrogen-bond donors (Lipinski definition) is 1. The molecule has 3 nitrogen and oxygen atoms in total. The maximum absolute atomic E-state index is 13.3. The second-order valence-corrected chi connectivity index (χ2v) is 4.81. The lowest BCUT2D eigenvalue weighted by Gasteiger charge is -2.30. The minimum Gasteiger partial charge on any atom is -0.371 e. The maximum Gasteiger partial charge on any atom is 0.253 e. The van der Waals surface area contributed by atoms with E-state index in [0.717, 1.165) is 0 Å². The molecule has 1 rings (SSSR count). The first-order valence-corrected chi connectivity index (χ1v) is 6.17. The standard InChI is InChI=1S/C10H12BrClF2N2O/c1-2-6(11)8(16-9(12)15)7-5-10(13,14)3-4-17-7/h2,7,15H,3-5H2,1H3/b6-2+,15-9?,16-8+. The molecule has 0 saturated carbocycles. The van der Waals surface area contributed by atoms with Crippen molar-refractivity contribution in [3.05, 3.63) is 10.6 Å². The largest absolute Gasteiger partial charge is 0.371 e. The minimum atomic E-state index is -2.76. The van der Waals surface area contributed by atoms with Crippen molar-refractivity contribution in [1.82, 2.24) is 0 Å². The molecule has 1 saturated heterocycles. The predicted molar refractivity (Wildman–Crippen MR) is 67.6 cm³/mol. The molecule has 0 aromatic rings. The van der Waals surface area contributed by atoms with Gasteiger partial charge in [0, 0.05) is 17.3 Å². The number of allylic oxidation sites excluding steroid dienone is 1. The van der Waals surface area contributed by atoms with Crippen molar-refractivity contribution in [1.29, 1.82) is 5.41 Å². The Bertz CT molecular complexity index is 371. The summed E-state index contributed by atoms with van der Waals surface area (Å²) >= 11 is 8.56. The van der Waals surface area contributed by atoms with Crippen molar-refractivity contribution in [2.24, 2.45) is 4.99 Å². The number of amidine groups is 1. The number of halogens is 4. The van der Waals surface area contributed by atoms with E-state index in [-0.39, 0.29) is 18.7 Å². The third-order valence-corrected chi connectivity index (χ3v) is 3.24. The van der Waals surface area contributed by atoms with Crippen molar-refractivity contribution >= 4 is 38.5 Å². The van der Waals surface area contributed by atoms with E-state index in [1.807, 2.05) is 0 Å². The lowest BCUT2D eigenvalue weighted by Crippen LogP contribution is -2.39. The Balaban J connectivity index is 2.95. The molecule has 7 heteroatoms. The molecule has 0 amide bonds. The normalized spacial score (nSPS) is 25.8. The summed E-state index contributed by atoms with van der Waals surface area (Å²) in [6.45, 7) is 1.69. The third kappa shape index (κ3) is 4.44. The average molecular weight is 330 g/mol. The van der Waals surface area contributed by atoms with E-state index < -0.39 is 23.7 Å². The summed E-state index contributed by atoms with van der Waals surface area (Å²) < 4.78 is 32.3. The van der Waals surface area contributed by atoms with Crippen LogP contribution in [0.5, 0.6) is 0 Å². The van der Waals surface area contributed by atoms with Gasteiger partial charge in [-0.15, -0.1) is 0 Å². The Morgan fingerprint density at radius 1 is 1.65 bits per heavy atom. The van der Waals surface area contributed by atoms with E-state index in [4.69, 9.17) is 21.7 Å². The highest BCUT2D eigenvalue weighted by Gasteiger charge is 2.39. The first-order valence-electron chi connectivity index (χ1n) is 5.00. The van der Waals surface area contributed by atoms with Gasteiger partial charge in [0.1, 0.15) is 6.10 Å². The topological polar surface area (TPSA) is 45.4 Å². The van der Waals surface area contributed by atoms with E-state index in [1.54, 1.807) is 13.0 Å². The molecule has 1 N–H and O–H groups in total. The van der Waals surface area contributed by atoms with Crippen LogP contribution >= 0.6 is 27.5 Å². The smallest absolute Gasteiger partial charge is 0.253 e. The molecular formula is C10H12BrClF2N2O. The van der Waals surface area contributed by atoms with Crippen LogP contribution in [0.3, 0.4) is 0 Å². The maximum atomic E-state index is 13.3. The van der Waals surface area contributed by atoms with Gasteiger partial charge in [0.15, 0.2) is 0 Å². The molecule has 17 heavy (non-hydrogen) atoms. The van der Waals surface area contributed by atoms with Crippen molar-refractivity contribution in [3.63, 3.8) is 0 Å². The van der Waals surface area contributed by atoms with Crippen LogP contribution in [0.25, 0.3) is 0 Å². The van der Waals surface area contributed by atoms with Gasteiger partial charge in [0.2, 0.25) is 5.29 Å². The summed E-state index contributed by atoms with van der Waals surface area (Å²) in [5.41, 5.74) is 0.229. The van der Waals surface area contributed by atoms with Crippen molar-refractivity contribution in [3.8, 4) is 0 Å². The molecule has 1 atom stereocenters. The van der Waals surface area contributed by atoms with Gasteiger partial charge in [-0.25, -0.2) is 13.8 Å². The van der Waals surface area contributed by atoms with Gasteiger partial charge in [-0.3, -0.25) is 5.41 Å². The Morgan fingerprint density at radius 2 is 2.29 bits per heavy atom. The summed E-state index contributed by atoms with van der Waals surface area (Å²) in [6.07, 6.45) is 0.0689. The number of rotatable bonds is 2. The fraction of sp³-hybridized carbons (Fsp3) is 0.600. The number of nitrogens with zero attached hydrogens (tertiary/aromatic N) is 1. The highest BCUT2D eigenvalue weighted by atomic mass is 79.9. The Labute approximate surface area is 112 Å². The van der Waals surface area contributed by atoms with Crippen LogP contribution in [0.2, 0.25) is 0 Å².